The van der Waals surface area contributed by atoms with Crippen LogP contribution in [0.3, 0.4) is 0 Å². The van der Waals surface area contributed by atoms with Gasteiger partial charge in [0.1, 0.15) is 6.33 Å². The molecular weight excluding hydrogens is 434 g/mol. The van der Waals surface area contributed by atoms with Crippen LogP contribution >= 0.6 is 0 Å². The molecule has 1 amide bonds. The minimum Gasteiger partial charge on any atom is -0.378 e. The Bertz CT molecular complexity index is 1190. The summed E-state index contributed by atoms with van der Waals surface area (Å²) in [6.07, 6.45) is 1.47. The number of anilines is 2. The van der Waals surface area contributed by atoms with Gasteiger partial charge in [0.2, 0.25) is 10.0 Å². The lowest BCUT2D eigenvalue weighted by Crippen LogP contribution is -2.37. The molecule has 0 saturated carbocycles. The van der Waals surface area contributed by atoms with Crippen molar-refractivity contribution in [3.8, 4) is 5.69 Å². The van der Waals surface area contributed by atoms with Crippen LogP contribution in [0.5, 0.6) is 0 Å². The Morgan fingerprint density at radius 3 is 2.44 bits per heavy atom. The summed E-state index contributed by atoms with van der Waals surface area (Å²) in [6, 6.07) is 11.6. The molecule has 0 unspecified atom stereocenters. The highest BCUT2D eigenvalue weighted by Crippen LogP contribution is 2.27. The van der Waals surface area contributed by atoms with Gasteiger partial charge in [0.25, 0.3) is 5.91 Å². The van der Waals surface area contributed by atoms with Crippen molar-refractivity contribution in [1.29, 1.82) is 0 Å². The van der Waals surface area contributed by atoms with Crippen LogP contribution in [0.1, 0.15) is 10.4 Å². The van der Waals surface area contributed by atoms with Crippen LogP contribution in [-0.4, -0.2) is 79.2 Å². The molecule has 0 radical (unpaired) electrons. The lowest BCUT2D eigenvalue weighted by atomic mass is 10.1. The minimum atomic E-state index is -3.70. The van der Waals surface area contributed by atoms with Gasteiger partial charge >= 0.3 is 0 Å². The Balaban J connectivity index is 1.65. The van der Waals surface area contributed by atoms with Crippen LogP contribution in [0.25, 0.3) is 5.69 Å². The number of hydrogen-bond acceptors (Lipinski definition) is 8. The number of carbonyl (C=O) groups is 1. The van der Waals surface area contributed by atoms with E-state index in [-0.39, 0.29) is 10.5 Å². The number of nitrogens with zero attached hydrogens (tertiary/aromatic N) is 6. The van der Waals surface area contributed by atoms with Crippen molar-refractivity contribution in [2.24, 2.45) is 0 Å². The van der Waals surface area contributed by atoms with Crippen LogP contribution in [0.2, 0.25) is 0 Å². The first kappa shape index (κ1) is 21.9. The SMILES string of the molecule is CN(C)S(=O)(=O)c1ccc(N2CCOCC2)c(C(=O)Nc2ccc(-n3cnnn3)cc2)c1. The molecule has 11 nitrogen and oxygen atoms in total. The van der Waals surface area contributed by atoms with Crippen LogP contribution in [0, 0.1) is 0 Å². The van der Waals surface area contributed by atoms with Crippen LogP contribution in [0.15, 0.2) is 53.7 Å². The molecule has 32 heavy (non-hydrogen) atoms. The molecule has 1 saturated heterocycles. The zero-order valence-electron chi connectivity index (χ0n) is 17.7. The van der Waals surface area contributed by atoms with Crippen molar-refractivity contribution < 1.29 is 17.9 Å². The van der Waals surface area contributed by atoms with Crippen LogP contribution in [-0.2, 0) is 14.8 Å². The smallest absolute Gasteiger partial charge is 0.257 e. The monoisotopic (exact) mass is 457 g/mol. The standard InChI is InChI=1S/C20H23N7O4S/c1-25(2)32(29,30)17-7-8-19(26-9-11-31-12-10-26)18(13-17)20(28)22-15-3-5-16(6-4-15)27-14-21-23-24-27/h3-8,13-14H,9-12H2,1-2H3,(H,22,28). The molecule has 0 atom stereocenters. The molecule has 1 fully saturated rings. The van der Waals surface area contributed by atoms with Gasteiger partial charge in [0.15, 0.2) is 0 Å². The molecule has 1 aliphatic rings. The largest absolute Gasteiger partial charge is 0.378 e. The Kier molecular flexibility index (Phi) is 6.17. The van der Waals surface area contributed by atoms with Crippen molar-refractivity contribution in [3.05, 3.63) is 54.4 Å². The van der Waals surface area contributed by atoms with Crippen molar-refractivity contribution >= 4 is 27.3 Å². The molecule has 0 bridgehead atoms. The third-order valence-corrected chi connectivity index (χ3v) is 6.89. The first-order valence-electron chi connectivity index (χ1n) is 9.90. The molecule has 0 aliphatic carbocycles. The molecule has 1 aromatic heterocycles. The Hall–Kier alpha value is -3.35. The van der Waals surface area contributed by atoms with Crippen molar-refractivity contribution in [2.45, 2.75) is 4.90 Å². The molecule has 2 heterocycles. The number of amides is 1. The lowest BCUT2D eigenvalue weighted by molar-refractivity contribution is 0.102. The van der Waals surface area contributed by atoms with E-state index in [1.165, 1.54) is 37.2 Å². The van der Waals surface area contributed by atoms with E-state index in [1.807, 2.05) is 4.90 Å². The number of tetrazole rings is 1. The predicted molar refractivity (Wildman–Crippen MR) is 117 cm³/mol. The quantitative estimate of drug-likeness (QED) is 0.582. The van der Waals surface area contributed by atoms with Gasteiger partial charge in [0.05, 0.1) is 29.4 Å². The van der Waals surface area contributed by atoms with E-state index >= 15 is 0 Å². The highest BCUT2D eigenvalue weighted by atomic mass is 32.2. The summed E-state index contributed by atoms with van der Waals surface area (Å²) in [5.41, 5.74) is 2.23. The summed E-state index contributed by atoms with van der Waals surface area (Å²) in [5, 5.41) is 13.9. The highest BCUT2D eigenvalue weighted by Gasteiger charge is 2.24. The Morgan fingerprint density at radius 1 is 1.09 bits per heavy atom. The highest BCUT2D eigenvalue weighted by molar-refractivity contribution is 7.89. The van der Waals surface area contributed by atoms with Crippen LogP contribution < -0.4 is 10.2 Å². The Morgan fingerprint density at radius 2 is 1.81 bits per heavy atom. The fourth-order valence-corrected chi connectivity index (χ4v) is 4.25. The van der Waals surface area contributed by atoms with Gasteiger partial charge in [-0.3, -0.25) is 4.79 Å². The van der Waals surface area contributed by atoms with Crippen molar-refractivity contribution in [1.82, 2.24) is 24.5 Å². The number of aromatic nitrogens is 4. The average molecular weight is 458 g/mol. The number of morpholine rings is 1. The fourth-order valence-electron chi connectivity index (χ4n) is 3.32. The number of ether oxygens (including phenoxy) is 1. The number of hydrogen-bond donors (Lipinski definition) is 1. The molecule has 1 N–H and O–H groups in total. The third-order valence-electron chi connectivity index (χ3n) is 5.08. The maximum atomic E-state index is 13.2. The van der Waals surface area contributed by atoms with Gasteiger partial charge in [-0.15, -0.1) is 5.10 Å². The topological polar surface area (TPSA) is 123 Å². The molecule has 0 spiro atoms. The molecule has 2 aromatic carbocycles. The van der Waals surface area contributed by atoms with E-state index in [2.05, 4.69) is 20.8 Å². The average Bonchev–Trinajstić information content (AvgIpc) is 3.34. The van der Waals surface area contributed by atoms with Crippen molar-refractivity contribution in [3.63, 3.8) is 0 Å². The second-order valence-corrected chi connectivity index (χ2v) is 9.47. The third kappa shape index (κ3) is 4.47. The number of carbonyl (C=O) groups excluding carboxylic acids is 1. The van der Waals surface area contributed by atoms with E-state index in [9.17, 15) is 13.2 Å². The number of nitrogens with one attached hydrogen (secondary N) is 1. The summed E-state index contributed by atoms with van der Waals surface area (Å²) in [6.45, 7) is 2.30. The van der Waals surface area contributed by atoms with Crippen LogP contribution in [0.4, 0.5) is 11.4 Å². The maximum Gasteiger partial charge on any atom is 0.257 e. The zero-order chi connectivity index (χ0) is 22.7. The zero-order valence-corrected chi connectivity index (χ0v) is 18.5. The molecule has 1 aliphatic heterocycles. The van der Waals surface area contributed by atoms with Gasteiger partial charge in [-0.25, -0.2) is 17.4 Å². The normalized spacial score (nSPS) is 14.5. The maximum absolute atomic E-state index is 13.2. The second-order valence-electron chi connectivity index (χ2n) is 7.32. The molecule has 168 valence electrons. The van der Waals surface area contributed by atoms with Gasteiger partial charge < -0.3 is 15.0 Å². The summed E-state index contributed by atoms with van der Waals surface area (Å²) < 4.78 is 33.3. The summed E-state index contributed by atoms with van der Waals surface area (Å²) >= 11 is 0. The Labute approximate surface area is 185 Å². The first-order chi connectivity index (χ1) is 15.4. The van der Waals surface area contributed by atoms with E-state index in [4.69, 9.17) is 4.74 Å². The van der Waals surface area contributed by atoms with Gasteiger partial charge in [-0.2, -0.15) is 0 Å². The summed E-state index contributed by atoms with van der Waals surface area (Å²) in [4.78, 5) is 15.3. The first-order valence-corrected chi connectivity index (χ1v) is 11.3. The lowest BCUT2D eigenvalue weighted by Gasteiger charge is -2.30. The molecule has 3 aromatic rings. The second kappa shape index (κ2) is 9.02. The van der Waals surface area contributed by atoms with E-state index < -0.39 is 15.9 Å². The number of benzene rings is 2. The summed E-state index contributed by atoms with van der Waals surface area (Å²) in [7, 11) is -0.784. The van der Waals surface area contributed by atoms with Gasteiger partial charge in [0, 0.05) is 38.6 Å². The number of sulfonamides is 1. The molecular formula is C20H23N7O4S. The fraction of sp³-hybridized carbons (Fsp3) is 0.300. The molecule has 12 heteroatoms. The van der Waals surface area contributed by atoms with E-state index in [0.717, 1.165) is 9.99 Å². The molecule has 4 rings (SSSR count). The van der Waals surface area contributed by atoms with E-state index in [0.29, 0.717) is 37.7 Å². The minimum absolute atomic E-state index is 0.0543. The summed E-state index contributed by atoms with van der Waals surface area (Å²) in [5.74, 6) is -0.405. The van der Waals surface area contributed by atoms with Gasteiger partial charge in [-0.1, -0.05) is 0 Å². The van der Waals surface area contributed by atoms with Crippen molar-refractivity contribution in [2.75, 3.05) is 50.6 Å². The predicted octanol–water partition coefficient (Wildman–Crippen LogP) is 1.00. The number of rotatable bonds is 6. The van der Waals surface area contributed by atoms with Gasteiger partial charge in [-0.05, 0) is 52.9 Å². The van der Waals surface area contributed by atoms with E-state index in [1.54, 1.807) is 30.3 Å².